The summed E-state index contributed by atoms with van der Waals surface area (Å²) in [6.07, 6.45) is 7.08. The molecule has 1 fully saturated rings. The van der Waals surface area contributed by atoms with Crippen molar-refractivity contribution in [1.82, 2.24) is 29.5 Å². The molecule has 4 aromatic rings. The molecule has 0 aliphatic carbocycles. The summed E-state index contributed by atoms with van der Waals surface area (Å²) in [5.74, 6) is 0.902. The van der Waals surface area contributed by atoms with Crippen molar-refractivity contribution in [2.75, 3.05) is 13.1 Å². The van der Waals surface area contributed by atoms with Gasteiger partial charge in [0.1, 0.15) is 6.33 Å². The van der Waals surface area contributed by atoms with Crippen LogP contribution in [0.3, 0.4) is 0 Å². The molecule has 0 saturated carbocycles. The van der Waals surface area contributed by atoms with Crippen LogP contribution in [0.5, 0.6) is 0 Å². The van der Waals surface area contributed by atoms with Crippen molar-refractivity contribution in [2.45, 2.75) is 25.7 Å². The molecule has 5 rings (SSSR count). The standard InChI is InChI=1S/C21H20N6O/c1-14-9-19(27-21(25-14)23-13-24-27)18-3-2-8-26(12-18)20(28)16-4-5-17-11-22-7-6-15(17)10-16/h4-7,9-11,13,18H,2-3,8,12H2,1H3. The topological polar surface area (TPSA) is 76.3 Å². The molecule has 1 aliphatic heterocycles. The largest absolute Gasteiger partial charge is 0.338 e. The number of carbonyl (C=O) groups excluding carboxylic acids is 1. The van der Waals surface area contributed by atoms with E-state index < -0.39 is 0 Å². The Morgan fingerprint density at radius 2 is 2.11 bits per heavy atom. The van der Waals surface area contributed by atoms with Crippen molar-refractivity contribution in [3.8, 4) is 0 Å². The molecular formula is C21H20N6O. The van der Waals surface area contributed by atoms with Crippen molar-refractivity contribution in [2.24, 2.45) is 0 Å². The third kappa shape index (κ3) is 2.89. The number of hydrogen-bond donors (Lipinski definition) is 0. The summed E-state index contributed by atoms with van der Waals surface area (Å²) in [4.78, 5) is 27.9. The fraction of sp³-hybridized carbons (Fsp3) is 0.286. The number of likely N-dealkylation sites (tertiary alicyclic amines) is 1. The summed E-state index contributed by atoms with van der Waals surface area (Å²) < 4.78 is 1.80. The second kappa shape index (κ2) is 6.67. The van der Waals surface area contributed by atoms with Crippen LogP contribution >= 0.6 is 0 Å². The number of benzene rings is 1. The van der Waals surface area contributed by atoms with E-state index in [4.69, 9.17) is 0 Å². The Bertz CT molecular complexity index is 1180. The SMILES string of the molecule is Cc1cc(C2CCCN(C(=O)c3ccc4cnccc4c3)C2)n2ncnc2n1. The number of fused-ring (bicyclic) bond motifs is 2. The molecule has 1 unspecified atom stereocenters. The average molecular weight is 372 g/mol. The van der Waals surface area contributed by atoms with Crippen LogP contribution in [0, 0.1) is 6.92 Å². The van der Waals surface area contributed by atoms with E-state index in [2.05, 4.69) is 26.1 Å². The number of aromatic nitrogens is 5. The van der Waals surface area contributed by atoms with Crippen LogP contribution in [0.25, 0.3) is 16.6 Å². The molecule has 3 aromatic heterocycles. The quantitative estimate of drug-likeness (QED) is 0.541. The molecule has 28 heavy (non-hydrogen) atoms. The fourth-order valence-corrected chi connectivity index (χ4v) is 4.05. The lowest BCUT2D eigenvalue weighted by atomic mass is 9.93. The summed E-state index contributed by atoms with van der Waals surface area (Å²) in [6, 6.07) is 9.80. The van der Waals surface area contributed by atoms with Gasteiger partial charge in [0, 0.05) is 48.0 Å². The molecule has 1 aromatic carbocycles. The number of pyridine rings is 1. The Hall–Kier alpha value is -3.35. The Balaban J connectivity index is 1.44. The maximum Gasteiger partial charge on any atom is 0.253 e. The second-order valence-electron chi connectivity index (χ2n) is 7.32. The molecule has 0 N–H and O–H groups in total. The van der Waals surface area contributed by atoms with Crippen LogP contribution in [-0.4, -0.2) is 48.5 Å². The van der Waals surface area contributed by atoms with Gasteiger partial charge in [-0.2, -0.15) is 10.1 Å². The number of nitrogens with zero attached hydrogens (tertiary/aromatic N) is 6. The molecule has 0 bridgehead atoms. The molecule has 1 amide bonds. The van der Waals surface area contributed by atoms with Crippen molar-refractivity contribution in [1.29, 1.82) is 0 Å². The van der Waals surface area contributed by atoms with Gasteiger partial charge < -0.3 is 4.90 Å². The maximum atomic E-state index is 13.2. The monoisotopic (exact) mass is 372 g/mol. The summed E-state index contributed by atoms with van der Waals surface area (Å²) in [6.45, 7) is 3.41. The van der Waals surface area contributed by atoms with Crippen LogP contribution in [0.2, 0.25) is 0 Å². The van der Waals surface area contributed by atoms with E-state index in [0.29, 0.717) is 12.3 Å². The molecule has 4 heterocycles. The van der Waals surface area contributed by atoms with Crippen molar-refractivity contribution in [3.05, 3.63) is 66.0 Å². The van der Waals surface area contributed by atoms with Gasteiger partial charge in [0.05, 0.1) is 5.69 Å². The molecule has 1 saturated heterocycles. The third-order valence-electron chi connectivity index (χ3n) is 5.42. The van der Waals surface area contributed by atoms with Crippen molar-refractivity contribution < 1.29 is 4.79 Å². The summed E-state index contributed by atoms with van der Waals surface area (Å²) in [5.41, 5.74) is 2.71. The Morgan fingerprint density at radius 3 is 3.04 bits per heavy atom. The van der Waals surface area contributed by atoms with Crippen LogP contribution in [0.1, 0.15) is 40.5 Å². The number of rotatable bonds is 2. The molecule has 0 radical (unpaired) electrons. The first-order chi connectivity index (χ1) is 13.7. The minimum absolute atomic E-state index is 0.0732. The smallest absolute Gasteiger partial charge is 0.253 e. The molecule has 1 aliphatic rings. The van der Waals surface area contributed by atoms with E-state index in [1.807, 2.05) is 42.3 Å². The first kappa shape index (κ1) is 16.8. The lowest BCUT2D eigenvalue weighted by Gasteiger charge is -2.33. The highest BCUT2D eigenvalue weighted by Gasteiger charge is 2.27. The van der Waals surface area contributed by atoms with Gasteiger partial charge in [-0.15, -0.1) is 0 Å². The zero-order valence-electron chi connectivity index (χ0n) is 15.6. The van der Waals surface area contributed by atoms with E-state index in [1.165, 1.54) is 6.33 Å². The predicted molar refractivity (Wildman–Crippen MR) is 105 cm³/mol. The molecule has 1 atom stereocenters. The molecule has 140 valence electrons. The van der Waals surface area contributed by atoms with Crippen LogP contribution in [0.15, 0.2) is 49.1 Å². The van der Waals surface area contributed by atoms with Crippen molar-refractivity contribution >= 4 is 22.5 Å². The molecule has 7 nitrogen and oxygen atoms in total. The number of piperidine rings is 1. The van der Waals surface area contributed by atoms with E-state index in [0.717, 1.165) is 47.1 Å². The van der Waals surface area contributed by atoms with Gasteiger partial charge in [0.15, 0.2) is 0 Å². The Kier molecular flexibility index (Phi) is 4.00. The normalized spacial score (nSPS) is 17.3. The van der Waals surface area contributed by atoms with Gasteiger partial charge in [-0.3, -0.25) is 9.78 Å². The number of aryl methyl sites for hydroxylation is 1. The number of carbonyl (C=O) groups is 1. The minimum Gasteiger partial charge on any atom is -0.338 e. The van der Waals surface area contributed by atoms with Crippen LogP contribution < -0.4 is 0 Å². The maximum absolute atomic E-state index is 13.2. The van der Waals surface area contributed by atoms with Gasteiger partial charge in [0.25, 0.3) is 11.7 Å². The Morgan fingerprint density at radius 1 is 1.18 bits per heavy atom. The highest BCUT2D eigenvalue weighted by atomic mass is 16.2. The van der Waals surface area contributed by atoms with E-state index in [9.17, 15) is 4.79 Å². The number of hydrogen-bond acceptors (Lipinski definition) is 5. The van der Waals surface area contributed by atoms with E-state index >= 15 is 0 Å². The van der Waals surface area contributed by atoms with Gasteiger partial charge in [-0.1, -0.05) is 6.07 Å². The minimum atomic E-state index is 0.0732. The van der Waals surface area contributed by atoms with Gasteiger partial charge in [-0.05, 0) is 49.4 Å². The number of amides is 1. The predicted octanol–water partition coefficient (Wildman–Crippen LogP) is 3.00. The lowest BCUT2D eigenvalue weighted by Crippen LogP contribution is -2.39. The van der Waals surface area contributed by atoms with Crippen molar-refractivity contribution in [3.63, 3.8) is 0 Å². The second-order valence-corrected chi connectivity index (χ2v) is 7.32. The molecular weight excluding hydrogens is 352 g/mol. The fourth-order valence-electron chi connectivity index (χ4n) is 4.05. The van der Waals surface area contributed by atoms with E-state index in [-0.39, 0.29) is 11.8 Å². The van der Waals surface area contributed by atoms with Crippen LogP contribution in [0.4, 0.5) is 0 Å². The van der Waals surface area contributed by atoms with E-state index in [1.54, 1.807) is 10.7 Å². The highest BCUT2D eigenvalue weighted by Crippen LogP contribution is 2.28. The highest BCUT2D eigenvalue weighted by molar-refractivity contribution is 5.98. The summed E-state index contributed by atoms with van der Waals surface area (Å²) in [5, 5.41) is 6.40. The first-order valence-corrected chi connectivity index (χ1v) is 9.49. The summed E-state index contributed by atoms with van der Waals surface area (Å²) in [7, 11) is 0. The van der Waals surface area contributed by atoms with Crippen LogP contribution in [-0.2, 0) is 0 Å². The molecule has 7 heteroatoms. The van der Waals surface area contributed by atoms with Gasteiger partial charge >= 0.3 is 0 Å². The third-order valence-corrected chi connectivity index (χ3v) is 5.42. The zero-order valence-corrected chi connectivity index (χ0v) is 15.6. The Labute approximate surface area is 162 Å². The van der Waals surface area contributed by atoms with Gasteiger partial charge in [0.2, 0.25) is 0 Å². The average Bonchev–Trinajstić information content (AvgIpc) is 3.20. The zero-order chi connectivity index (χ0) is 19.1. The summed E-state index contributed by atoms with van der Waals surface area (Å²) >= 11 is 0. The van der Waals surface area contributed by atoms with Gasteiger partial charge in [-0.25, -0.2) is 9.50 Å². The first-order valence-electron chi connectivity index (χ1n) is 9.49. The molecule has 0 spiro atoms. The lowest BCUT2D eigenvalue weighted by molar-refractivity contribution is 0.0705.